The van der Waals surface area contributed by atoms with Crippen LogP contribution in [0.15, 0.2) is 65.1 Å². The standard InChI is InChI=1S/C24H22ClFN2O4/c1-27-23-19(11-14-6-5-7-16(10-14)31-3)28-20(13-30-2)22(24(29)32-4)21(23)17-9-8-15(26)12-18(17)25/h5-10,12,21,28H,11,13H2,2-4H3. The molecule has 8 heteroatoms. The second-order valence-electron chi connectivity index (χ2n) is 7.04. The van der Waals surface area contributed by atoms with Crippen molar-refractivity contribution in [1.29, 1.82) is 0 Å². The van der Waals surface area contributed by atoms with Gasteiger partial charge >= 0.3 is 5.97 Å². The second-order valence-corrected chi connectivity index (χ2v) is 7.45. The van der Waals surface area contributed by atoms with Crippen LogP contribution < -0.4 is 10.1 Å². The lowest BCUT2D eigenvalue weighted by atomic mass is 9.83. The Labute approximate surface area is 191 Å². The molecule has 1 aliphatic heterocycles. The molecule has 0 saturated heterocycles. The Kier molecular flexibility index (Phi) is 7.52. The van der Waals surface area contributed by atoms with Gasteiger partial charge in [0.25, 0.3) is 0 Å². The van der Waals surface area contributed by atoms with Crippen molar-refractivity contribution in [2.45, 2.75) is 12.3 Å². The highest BCUT2D eigenvalue weighted by atomic mass is 35.5. The first-order valence-electron chi connectivity index (χ1n) is 9.69. The van der Waals surface area contributed by atoms with Gasteiger partial charge in [-0.25, -0.2) is 14.0 Å². The number of methoxy groups -OCH3 is 3. The summed E-state index contributed by atoms with van der Waals surface area (Å²) in [7, 11) is 4.34. The summed E-state index contributed by atoms with van der Waals surface area (Å²) in [5, 5.41) is 3.31. The summed E-state index contributed by atoms with van der Waals surface area (Å²) in [5.41, 5.74) is 2.83. The van der Waals surface area contributed by atoms with Crippen LogP contribution in [-0.4, -0.2) is 33.9 Å². The smallest absolute Gasteiger partial charge is 0.335 e. The van der Waals surface area contributed by atoms with Crippen LogP contribution in [0.1, 0.15) is 17.0 Å². The topological polar surface area (TPSA) is 61.1 Å². The maximum Gasteiger partial charge on any atom is 0.335 e. The molecule has 0 amide bonds. The van der Waals surface area contributed by atoms with Crippen molar-refractivity contribution < 1.29 is 23.4 Å². The monoisotopic (exact) mass is 456 g/mol. The van der Waals surface area contributed by atoms with Crippen molar-refractivity contribution in [3.05, 3.63) is 98.5 Å². The highest BCUT2D eigenvalue weighted by molar-refractivity contribution is 6.31. The third kappa shape index (κ3) is 4.77. The number of nitrogens with zero attached hydrogens (tertiary/aromatic N) is 1. The molecule has 0 saturated carbocycles. The van der Waals surface area contributed by atoms with Gasteiger partial charge in [-0.05, 0) is 35.4 Å². The zero-order valence-electron chi connectivity index (χ0n) is 17.9. The van der Waals surface area contributed by atoms with E-state index in [1.807, 2.05) is 24.3 Å². The average Bonchev–Trinajstić information content (AvgIpc) is 2.78. The third-order valence-electron chi connectivity index (χ3n) is 5.10. The van der Waals surface area contributed by atoms with Gasteiger partial charge in [-0.15, -0.1) is 0 Å². The third-order valence-corrected chi connectivity index (χ3v) is 5.43. The van der Waals surface area contributed by atoms with Gasteiger partial charge in [0, 0.05) is 24.3 Å². The van der Waals surface area contributed by atoms with Gasteiger partial charge < -0.3 is 19.5 Å². The van der Waals surface area contributed by atoms with Crippen molar-refractivity contribution in [3.63, 3.8) is 0 Å². The maximum absolute atomic E-state index is 13.7. The summed E-state index contributed by atoms with van der Waals surface area (Å²) in [4.78, 5) is 16.5. The van der Waals surface area contributed by atoms with E-state index in [2.05, 4.69) is 10.2 Å². The van der Waals surface area contributed by atoms with Crippen LogP contribution in [-0.2, 0) is 20.7 Å². The van der Waals surface area contributed by atoms with Crippen LogP contribution in [0.4, 0.5) is 4.39 Å². The molecule has 2 aromatic carbocycles. The zero-order valence-corrected chi connectivity index (χ0v) is 18.6. The fraction of sp³-hybridized carbons (Fsp3) is 0.250. The summed E-state index contributed by atoms with van der Waals surface area (Å²) in [6.07, 6.45) is 0.367. The number of ether oxygens (including phenoxy) is 3. The molecular weight excluding hydrogens is 435 g/mol. The Bertz CT molecular complexity index is 1140. The van der Waals surface area contributed by atoms with E-state index in [1.54, 1.807) is 7.11 Å². The van der Waals surface area contributed by atoms with Gasteiger partial charge in [0.05, 0.1) is 44.6 Å². The molecule has 2 aromatic rings. The van der Waals surface area contributed by atoms with Gasteiger partial charge in [-0.1, -0.05) is 29.8 Å². The number of benzene rings is 2. The molecule has 0 aromatic heterocycles. The SMILES string of the molecule is [C-]#[N+]C1=C(Cc2cccc(OC)c2)NC(COC)=C(C(=O)OC)C1c1ccc(F)cc1Cl. The lowest BCUT2D eigenvalue weighted by Gasteiger charge is -2.31. The Hall–Kier alpha value is -3.34. The van der Waals surface area contributed by atoms with Crippen molar-refractivity contribution in [2.75, 3.05) is 27.9 Å². The Morgan fingerprint density at radius 2 is 1.97 bits per heavy atom. The van der Waals surface area contributed by atoms with Crippen LogP contribution >= 0.6 is 11.6 Å². The van der Waals surface area contributed by atoms with Crippen molar-refractivity contribution in [3.8, 4) is 5.75 Å². The van der Waals surface area contributed by atoms with Gasteiger partial charge in [0.2, 0.25) is 0 Å². The van der Waals surface area contributed by atoms with Gasteiger partial charge in [0.15, 0.2) is 5.70 Å². The van der Waals surface area contributed by atoms with Gasteiger partial charge in [0.1, 0.15) is 11.6 Å². The van der Waals surface area contributed by atoms with Gasteiger partial charge in [-0.2, -0.15) is 0 Å². The number of esters is 1. The number of carbonyl (C=O) groups excluding carboxylic acids is 1. The molecule has 1 unspecified atom stereocenters. The largest absolute Gasteiger partial charge is 0.497 e. The van der Waals surface area contributed by atoms with E-state index in [0.29, 0.717) is 29.1 Å². The number of hydrogen-bond donors (Lipinski definition) is 1. The molecule has 0 aliphatic carbocycles. The fourth-order valence-electron chi connectivity index (χ4n) is 3.70. The van der Waals surface area contributed by atoms with E-state index < -0.39 is 17.7 Å². The molecule has 0 fully saturated rings. The first kappa shape index (κ1) is 23.3. The first-order chi connectivity index (χ1) is 15.4. The molecule has 166 valence electrons. The number of dihydropyridines is 1. The van der Waals surface area contributed by atoms with E-state index in [1.165, 1.54) is 26.4 Å². The molecular formula is C24H22ClFN2O4. The Morgan fingerprint density at radius 3 is 2.59 bits per heavy atom. The number of allylic oxidation sites excluding steroid dienone is 2. The Morgan fingerprint density at radius 1 is 1.19 bits per heavy atom. The molecule has 0 spiro atoms. The summed E-state index contributed by atoms with van der Waals surface area (Å²) in [6.45, 7) is 7.98. The Balaban J connectivity index is 2.21. The quantitative estimate of drug-likeness (QED) is 0.486. The number of carbonyl (C=O) groups is 1. The summed E-state index contributed by atoms with van der Waals surface area (Å²) < 4.78 is 29.4. The fourth-order valence-corrected chi connectivity index (χ4v) is 3.98. The molecule has 32 heavy (non-hydrogen) atoms. The maximum atomic E-state index is 13.7. The summed E-state index contributed by atoms with van der Waals surface area (Å²) in [6, 6.07) is 11.4. The average molecular weight is 457 g/mol. The lowest BCUT2D eigenvalue weighted by molar-refractivity contribution is -0.136. The number of rotatable bonds is 7. The minimum absolute atomic E-state index is 0.0760. The molecule has 0 radical (unpaired) electrons. The molecule has 1 aliphatic rings. The zero-order chi connectivity index (χ0) is 23.3. The minimum Gasteiger partial charge on any atom is -0.497 e. The number of nitrogens with one attached hydrogen (secondary N) is 1. The van der Waals surface area contributed by atoms with Crippen LogP contribution in [0.25, 0.3) is 4.85 Å². The van der Waals surface area contributed by atoms with Crippen LogP contribution in [0.3, 0.4) is 0 Å². The molecule has 1 N–H and O–H groups in total. The molecule has 1 atom stereocenters. The van der Waals surface area contributed by atoms with E-state index in [0.717, 1.165) is 11.6 Å². The van der Waals surface area contributed by atoms with E-state index in [-0.39, 0.29) is 22.9 Å². The van der Waals surface area contributed by atoms with Crippen molar-refractivity contribution in [2.24, 2.45) is 0 Å². The first-order valence-corrected chi connectivity index (χ1v) is 10.1. The predicted molar refractivity (Wildman–Crippen MR) is 119 cm³/mol. The molecule has 1 heterocycles. The molecule has 3 rings (SSSR count). The lowest BCUT2D eigenvalue weighted by Crippen LogP contribution is -2.32. The predicted octanol–water partition coefficient (Wildman–Crippen LogP) is 4.62. The summed E-state index contributed by atoms with van der Waals surface area (Å²) in [5.74, 6) is -1.31. The van der Waals surface area contributed by atoms with Crippen molar-refractivity contribution in [1.82, 2.24) is 5.32 Å². The molecule has 0 bridgehead atoms. The highest BCUT2D eigenvalue weighted by Gasteiger charge is 2.37. The van der Waals surface area contributed by atoms with E-state index in [4.69, 9.17) is 32.4 Å². The number of hydrogen-bond acceptors (Lipinski definition) is 5. The number of halogens is 2. The van der Waals surface area contributed by atoms with E-state index >= 15 is 0 Å². The molecule has 6 nitrogen and oxygen atoms in total. The minimum atomic E-state index is -0.847. The van der Waals surface area contributed by atoms with E-state index in [9.17, 15) is 9.18 Å². The van der Waals surface area contributed by atoms with Gasteiger partial charge in [-0.3, -0.25) is 0 Å². The normalized spacial score (nSPS) is 15.8. The van der Waals surface area contributed by atoms with Crippen LogP contribution in [0.2, 0.25) is 5.02 Å². The van der Waals surface area contributed by atoms with Crippen LogP contribution in [0.5, 0.6) is 5.75 Å². The highest BCUT2D eigenvalue weighted by Crippen LogP contribution is 2.42. The van der Waals surface area contributed by atoms with Crippen molar-refractivity contribution >= 4 is 17.6 Å². The second kappa shape index (κ2) is 10.3. The van der Waals surface area contributed by atoms with Crippen LogP contribution in [0, 0.1) is 12.4 Å². The summed E-state index contributed by atoms with van der Waals surface area (Å²) >= 11 is 6.36.